The van der Waals surface area contributed by atoms with E-state index >= 15 is 0 Å². The molecule has 2 rings (SSSR count). The largest absolute Gasteiger partial charge is 0.375 e. The molecule has 0 spiro atoms. The van der Waals surface area contributed by atoms with E-state index in [4.69, 9.17) is 16.3 Å². The summed E-state index contributed by atoms with van der Waals surface area (Å²) in [6.07, 6.45) is 0.361. The molecule has 0 radical (unpaired) electrons. The molecule has 8 heteroatoms. The molecule has 1 aromatic carbocycles. The fourth-order valence-corrected chi connectivity index (χ4v) is 2.23. The third kappa shape index (κ3) is 6.28. The van der Waals surface area contributed by atoms with Gasteiger partial charge in [-0.15, -0.1) is 0 Å². The number of nitrogens with one attached hydrogen (secondary N) is 2. The Labute approximate surface area is 152 Å². The van der Waals surface area contributed by atoms with Gasteiger partial charge < -0.3 is 10.1 Å². The number of carbonyl (C=O) groups is 1. The first kappa shape index (κ1) is 19.1. The summed E-state index contributed by atoms with van der Waals surface area (Å²) in [6, 6.07) is 7.54. The molecule has 1 unspecified atom stereocenters. The minimum absolute atomic E-state index is 0.0287. The van der Waals surface area contributed by atoms with Crippen LogP contribution < -0.4 is 10.6 Å². The normalized spacial score (nSPS) is 11.8. The van der Waals surface area contributed by atoms with E-state index in [2.05, 4.69) is 25.6 Å². The quantitative estimate of drug-likeness (QED) is 0.748. The smallest absolute Gasteiger partial charge is 0.234 e. The van der Waals surface area contributed by atoms with Crippen molar-refractivity contribution in [2.75, 3.05) is 17.2 Å². The summed E-state index contributed by atoms with van der Waals surface area (Å²) < 4.78 is 5.69. The molecule has 0 aliphatic carbocycles. The maximum atomic E-state index is 11.5. The van der Waals surface area contributed by atoms with Crippen LogP contribution in [-0.2, 0) is 16.1 Å². The molecule has 0 aliphatic heterocycles. The van der Waals surface area contributed by atoms with Gasteiger partial charge in [-0.05, 0) is 25.5 Å². The summed E-state index contributed by atoms with van der Waals surface area (Å²) in [5.41, 5.74) is 0.942. The van der Waals surface area contributed by atoms with Crippen molar-refractivity contribution in [2.45, 2.75) is 39.8 Å². The Kier molecular flexibility index (Phi) is 7.09. The maximum absolute atomic E-state index is 11.5. The van der Waals surface area contributed by atoms with Crippen molar-refractivity contribution in [1.29, 1.82) is 0 Å². The van der Waals surface area contributed by atoms with Crippen LogP contribution >= 0.6 is 11.6 Å². The predicted molar refractivity (Wildman–Crippen MR) is 97.7 cm³/mol. The lowest BCUT2D eigenvalue weighted by Crippen LogP contribution is -2.24. The molecule has 0 saturated heterocycles. The van der Waals surface area contributed by atoms with Crippen LogP contribution in [0.25, 0.3) is 0 Å². The first-order valence-electron chi connectivity index (χ1n) is 8.08. The topological polar surface area (TPSA) is 89.0 Å². The van der Waals surface area contributed by atoms with Crippen molar-refractivity contribution in [3.8, 4) is 0 Å². The molecule has 25 heavy (non-hydrogen) atoms. The zero-order valence-corrected chi connectivity index (χ0v) is 15.3. The predicted octanol–water partition coefficient (Wildman–Crippen LogP) is 3.20. The number of nitrogens with zero attached hydrogens (tertiary/aromatic N) is 3. The van der Waals surface area contributed by atoms with Gasteiger partial charge in [-0.2, -0.15) is 15.0 Å². The van der Waals surface area contributed by atoms with Crippen LogP contribution in [0.3, 0.4) is 0 Å². The van der Waals surface area contributed by atoms with Gasteiger partial charge in [0.2, 0.25) is 17.8 Å². The van der Waals surface area contributed by atoms with Crippen LogP contribution in [0.2, 0.25) is 5.02 Å². The van der Waals surface area contributed by atoms with Crippen molar-refractivity contribution in [3.05, 3.63) is 40.7 Å². The molecule has 134 valence electrons. The zero-order valence-electron chi connectivity index (χ0n) is 14.5. The van der Waals surface area contributed by atoms with Crippen molar-refractivity contribution in [1.82, 2.24) is 15.0 Å². The molecule has 0 fully saturated rings. The van der Waals surface area contributed by atoms with Gasteiger partial charge in [0.05, 0.1) is 13.2 Å². The van der Waals surface area contributed by atoms with Gasteiger partial charge in [-0.3, -0.25) is 10.1 Å². The lowest BCUT2D eigenvalue weighted by molar-refractivity contribution is -0.115. The Morgan fingerprint density at radius 2 is 1.96 bits per heavy atom. The van der Waals surface area contributed by atoms with Crippen LogP contribution in [0.1, 0.15) is 31.7 Å². The van der Waals surface area contributed by atoms with Gasteiger partial charge in [-0.1, -0.05) is 36.7 Å². The summed E-state index contributed by atoms with van der Waals surface area (Å²) in [5, 5.41) is 6.46. The molecule has 2 N–H and O–H groups in total. The van der Waals surface area contributed by atoms with E-state index in [9.17, 15) is 4.79 Å². The third-order valence-electron chi connectivity index (χ3n) is 3.28. The number of aromatic nitrogens is 3. The Bertz CT molecular complexity index is 726. The maximum Gasteiger partial charge on any atom is 0.234 e. The standard InChI is InChI=1S/C17H22ClN5O2/c1-4-15(24)22-17-21-12(3)20-16(23-17)19-11(2)9-25-10-13-7-5-6-8-14(13)18/h5-8,11H,4,9-10H2,1-3H3,(H2,19,20,21,22,23,24). The monoisotopic (exact) mass is 363 g/mol. The fourth-order valence-electron chi connectivity index (χ4n) is 2.04. The molecule has 0 aliphatic rings. The number of hydrogen-bond acceptors (Lipinski definition) is 6. The lowest BCUT2D eigenvalue weighted by atomic mass is 10.2. The number of carbonyl (C=O) groups excluding carboxylic acids is 1. The first-order chi connectivity index (χ1) is 12.0. The highest BCUT2D eigenvalue weighted by Gasteiger charge is 2.10. The summed E-state index contributed by atoms with van der Waals surface area (Å²) in [7, 11) is 0. The molecule has 1 amide bonds. The van der Waals surface area contributed by atoms with Crippen LogP contribution in [-0.4, -0.2) is 33.5 Å². The minimum atomic E-state index is -0.146. The van der Waals surface area contributed by atoms with E-state index in [-0.39, 0.29) is 17.9 Å². The molecule has 1 heterocycles. The number of anilines is 2. The number of aryl methyl sites for hydroxylation is 1. The minimum Gasteiger partial charge on any atom is -0.375 e. The molecule has 1 aromatic heterocycles. The molecule has 7 nitrogen and oxygen atoms in total. The van der Waals surface area contributed by atoms with Crippen molar-refractivity contribution in [3.63, 3.8) is 0 Å². The Morgan fingerprint density at radius 1 is 1.24 bits per heavy atom. The lowest BCUT2D eigenvalue weighted by Gasteiger charge is -2.15. The van der Waals surface area contributed by atoms with E-state index < -0.39 is 0 Å². The van der Waals surface area contributed by atoms with Gasteiger partial charge in [0.1, 0.15) is 5.82 Å². The van der Waals surface area contributed by atoms with Gasteiger partial charge in [0.25, 0.3) is 0 Å². The SMILES string of the molecule is CCC(=O)Nc1nc(C)nc(NC(C)COCc2ccccc2Cl)n1. The molecule has 1 atom stereocenters. The van der Waals surface area contributed by atoms with Crippen LogP contribution in [0.4, 0.5) is 11.9 Å². The van der Waals surface area contributed by atoms with E-state index in [1.807, 2.05) is 31.2 Å². The number of hydrogen-bond donors (Lipinski definition) is 2. The number of benzene rings is 1. The van der Waals surface area contributed by atoms with Gasteiger partial charge in [-0.25, -0.2) is 0 Å². The van der Waals surface area contributed by atoms with Gasteiger partial charge in [0, 0.05) is 17.5 Å². The van der Waals surface area contributed by atoms with E-state index in [1.165, 1.54) is 0 Å². The highest BCUT2D eigenvalue weighted by atomic mass is 35.5. The second kappa shape index (κ2) is 9.29. The molecule has 0 bridgehead atoms. The molecule has 0 saturated carbocycles. The number of rotatable bonds is 8. The Morgan fingerprint density at radius 3 is 2.68 bits per heavy atom. The van der Waals surface area contributed by atoms with Crippen LogP contribution in [0, 0.1) is 6.92 Å². The second-order valence-corrected chi connectivity index (χ2v) is 5.99. The number of halogens is 1. The fraction of sp³-hybridized carbons (Fsp3) is 0.412. The molecular weight excluding hydrogens is 342 g/mol. The molecule has 2 aromatic rings. The summed E-state index contributed by atoms with van der Waals surface area (Å²) in [4.78, 5) is 24.0. The van der Waals surface area contributed by atoms with Crippen molar-refractivity contribution in [2.24, 2.45) is 0 Å². The third-order valence-corrected chi connectivity index (χ3v) is 3.65. The summed E-state index contributed by atoms with van der Waals surface area (Å²) in [5.74, 6) is 1.01. The average molecular weight is 364 g/mol. The Balaban J connectivity index is 1.88. The van der Waals surface area contributed by atoms with E-state index in [0.29, 0.717) is 36.4 Å². The van der Waals surface area contributed by atoms with Crippen LogP contribution in [0.5, 0.6) is 0 Å². The number of ether oxygens (including phenoxy) is 1. The van der Waals surface area contributed by atoms with Crippen LogP contribution in [0.15, 0.2) is 24.3 Å². The van der Waals surface area contributed by atoms with Gasteiger partial charge >= 0.3 is 0 Å². The van der Waals surface area contributed by atoms with E-state index in [1.54, 1.807) is 13.8 Å². The van der Waals surface area contributed by atoms with Gasteiger partial charge in [0.15, 0.2) is 0 Å². The zero-order chi connectivity index (χ0) is 18.2. The highest BCUT2D eigenvalue weighted by molar-refractivity contribution is 6.31. The summed E-state index contributed by atoms with van der Waals surface area (Å²) in [6.45, 7) is 6.34. The first-order valence-corrected chi connectivity index (χ1v) is 8.46. The van der Waals surface area contributed by atoms with Crippen molar-refractivity contribution < 1.29 is 9.53 Å². The average Bonchev–Trinajstić information content (AvgIpc) is 2.56. The number of amides is 1. The summed E-state index contributed by atoms with van der Waals surface area (Å²) >= 11 is 6.10. The second-order valence-electron chi connectivity index (χ2n) is 5.58. The molecular formula is C17H22ClN5O2. The Hall–Kier alpha value is -2.25. The van der Waals surface area contributed by atoms with E-state index in [0.717, 1.165) is 5.56 Å². The van der Waals surface area contributed by atoms with Crippen molar-refractivity contribution >= 4 is 29.4 Å². The highest BCUT2D eigenvalue weighted by Crippen LogP contribution is 2.16.